The minimum Gasteiger partial charge on any atom is -0.399 e. The lowest BCUT2D eigenvalue weighted by atomic mass is 10.2. The molecule has 0 saturated heterocycles. The van der Waals surface area contributed by atoms with E-state index in [0.717, 1.165) is 21.4 Å². The van der Waals surface area contributed by atoms with Crippen LogP contribution < -0.4 is 15.9 Å². The summed E-state index contributed by atoms with van der Waals surface area (Å²) in [4.78, 5) is 13.7. The molecule has 0 radical (unpaired) electrons. The van der Waals surface area contributed by atoms with Gasteiger partial charge in [-0.25, -0.2) is 0 Å². The summed E-state index contributed by atoms with van der Waals surface area (Å²) in [5.41, 5.74) is 8.49. The number of nitrogen functional groups attached to an aromatic ring is 1. The van der Waals surface area contributed by atoms with Gasteiger partial charge in [0.15, 0.2) is 0 Å². The Morgan fingerprint density at radius 1 is 1.35 bits per heavy atom. The van der Waals surface area contributed by atoms with Crippen molar-refractivity contribution < 1.29 is 0 Å². The second kappa shape index (κ2) is 5.48. The van der Waals surface area contributed by atoms with Crippen LogP contribution in [0.3, 0.4) is 0 Å². The van der Waals surface area contributed by atoms with E-state index in [4.69, 9.17) is 5.73 Å². The highest BCUT2D eigenvalue weighted by Crippen LogP contribution is 2.17. The predicted molar refractivity (Wildman–Crippen MR) is 74.0 cm³/mol. The first-order valence-corrected chi connectivity index (χ1v) is 6.73. The second-order valence-electron chi connectivity index (χ2n) is 3.67. The lowest BCUT2D eigenvalue weighted by Gasteiger charge is -2.05. The Bertz CT molecular complexity index is 544. The number of nitrogens with one attached hydrogen (secondary N) is 2. The summed E-state index contributed by atoms with van der Waals surface area (Å²) in [5, 5.41) is 5.07. The molecule has 6 heteroatoms. The van der Waals surface area contributed by atoms with Gasteiger partial charge in [-0.1, -0.05) is 27.3 Å². The number of thiazole rings is 1. The zero-order valence-electron chi connectivity index (χ0n) is 9.00. The average Bonchev–Trinajstić information content (AvgIpc) is 2.63. The molecule has 4 nitrogen and oxygen atoms in total. The summed E-state index contributed by atoms with van der Waals surface area (Å²) >= 11 is 4.58. The zero-order valence-corrected chi connectivity index (χ0v) is 11.4. The Kier molecular flexibility index (Phi) is 3.98. The lowest BCUT2D eigenvalue weighted by molar-refractivity contribution is 0.681. The summed E-state index contributed by atoms with van der Waals surface area (Å²) in [6.07, 6.45) is 0. The van der Waals surface area contributed by atoms with Crippen molar-refractivity contribution in [1.82, 2.24) is 10.3 Å². The first-order valence-electron chi connectivity index (χ1n) is 5.06. The molecule has 0 bridgehead atoms. The van der Waals surface area contributed by atoms with E-state index in [1.54, 1.807) is 0 Å². The minimum atomic E-state index is -0.0199. The van der Waals surface area contributed by atoms with Crippen LogP contribution in [0.4, 0.5) is 5.69 Å². The maximum atomic E-state index is 10.9. The average molecular weight is 314 g/mol. The van der Waals surface area contributed by atoms with Crippen molar-refractivity contribution >= 4 is 33.0 Å². The van der Waals surface area contributed by atoms with Gasteiger partial charge in [0.25, 0.3) is 0 Å². The van der Waals surface area contributed by atoms with Gasteiger partial charge in [0.05, 0.1) is 0 Å². The van der Waals surface area contributed by atoms with Gasteiger partial charge in [-0.15, -0.1) is 0 Å². The summed E-state index contributed by atoms with van der Waals surface area (Å²) in [7, 11) is 0. The molecule has 2 rings (SSSR count). The first-order chi connectivity index (χ1) is 8.13. The third kappa shape index (κ3) is 3.69. The van der Waals surface area contributed by atoms with Crippen LogP contribution in [-0.4, -0.2) is 4.98 Å². The maximum Gasteiger partial charge on any atom is 0.304 e. The minimum absolute atomic E-state index is 0.0199. The van der Waals surface area contributed by atoms with Crippen molar-refractivity contribution in [2.45, 2.75) is 13.1 Å². The van der Waals surface area contributed by atoms with Crippen LogP contribution in [0.25, 0.3) is 0 Å². The highest BCUT2D eigenvalue weighted by molar-refractivity contribution is 9.10. The Morgan fingerprint density at radius 3 is 2.82 bits per heavy atom. The van der Waals surface area contributed by atoms with Gasteiger partial charge in [0.1, 0.15) is 0 Å². The highest BCUT2D eigenvalue weighted by Gasteiger charge is 1.99. The summed E-state index contributed by atoms with van der Waals surface area (Å²) in [6.45, 7) is 1.35. The van der Waals surface area contributed by atoms with E-state index in [0.29, 0.717) is 13.1 Å². The predicted octanol–water partition coefficient (Wildman–Crippen LogP) is 2.07. The number of halogens is 1. The third-order valence-corrected chi connectivity index (χ3v) is 3.37. The molecule has 2 aromatic rings. The zero-order chi connectivity index (χ0) is 12.3. The van der Waals surface area contributed by atoms with Gasteiger partial charge in [0, 0.05) is 34.3 Å². The van der Waals surface area contributed by atoms with Crippen molar-refractivity contribution in [3.05, 3.63) is 49.0 Å². The smallest absolute Gasteiger partial charge is 0.304 e. The summed E-state index contributed by atoms with van der Waals surface area (Å²) in [6, 6.07) is 5.80. The van der Waals surface area contributed by atoms with Gasteiger partial charge in [-0.3, -0.25) is 4.79 Å². The molecule has 1 heterocycles. The monoisotopic (exact) mass is 313 g/mol. The fraction of sp³-hybridized carbons (Fsp3) is 0.182. The largest absolute Gasteiger partial charge is 0.399 e. The normalized spacial score (nSPS) is 10.6. The third-order valence-electron chi connectivity index (χ3n) is 2.20. The number of H-pyrrole nitrogens is 1. The van der Waals surface area contributed by atoms with Gasteiger partial charge < -0.3 is 16.0 Å². The van der Waals surface area contributed by atoms with E-state index in [-0.39, 0.29) is 4.87 Å². The number of rotatable bonds is 4. The van der Waals surface area contributed by atoms with Crippen molar-refractivity contribution in [2.75, 3.05) is 5.73 Å². The van der Waals surface area contributed by atoms with Crippen LogP contribution in [0.2, 0.25) is 0 Å². The molecule has 1 aromatic heterocycles. The van der Waals surface area contributed by atoms with Crippen LogP contribution in [0.5, 0.6) is 0 Å². The van der Waals surface area contributed by atoms with Gasteiger partial charge in [0.2, 0.25) is 0 Å². The van der Waals surface area contributed by atoms with E-state index in [1.165, 1.54) is 11.3 Å². The molecule has 0 aliphatic carbocycles. The maximum absolute atomic E-state index is 10.9. The number of aromatic nitrogens is 1. The Labute approximate surface area is 111 Å². The second-order valence-corrected chi connectivity index (χ2v) is 5.43. The molecule has 0 aliphatic rings. The van der Waals surface area contributed by atoms with E-state index >= 15 is 0 Å². The van der Waals surface area contributed by atoms with E-state index in [1.807, 2.05) is 23.6 Å². The molecule has 0 unspecified atom stereocenters. The molecule has 90 valence electrons. The number of benzene rings is 1. The molecule has 0 saturated carbocycles. The lowest BCUT2D eigenvalue weighted by Crippen LogP contribution is -2.14. The molecule has 17 heavy (non-hydrogen) atoms. The standard InChI is InChI=1S/C11H12BrN3OS/c12-8-1-7(2-9(13)3-8)4-14-5-10-6-17-11(16)15-10/h1-3,6,14H,4-5,13H2,(H,15,16). The van der Waals surface area contributed by atoms with Gasteiger partial charge >= 0.3 is 4.87 Å². The molecule has 0 spiro atoms. The van der Waals surface area contributed by atoms with Gasteiger partial charge in [-0.2, -0.15) is 0 Å². The van der Waals surface area contributed by atoms with Crippen LogP contribution in [0.15, 0.2) is 32.8 Å². The van der Waals surface area contributed by atoms with E-state index in [9.17, 15) is 4.79 Å². The van der Waals surface area contributed by atoms with Crippen LogP contribution in [-0.2, 0) is 13.1 Å². The molecule has 0 amide bonds. The first kappa shape index (κ1) is 12.3. The Morgan fingerprint density at radius 2 is 2.18 bits per heavy atom. The fourth-order valence-corrected chi connectivity index (χ4v) is 2.66. The molecule has 1 aromatic carbocycles. The van der Waals surface area contributed by atoms with E-state index < -0.39 is 0 Å². The SMILES string of the molecule is Nc1cc(Br)cc(CNCc2csc(=O)[nH]2)c1. The van der Waals surface area contributed by atoms with Crippen molar-refractivity contribution in [1.29, 1.82) is 0 Å². The Hall–Kier alpha value is -1.11. The van der Waals surface area contributed by atoms with Crippen molar-refractivity contribution in [3.8, 4) is 0 Å². The number of nitrogens with two attached hydrogens (primary N) is 1. The van der Waals surface area contributed by atoms with Crippen LogP contribution in [0.1, 0.15) is 11.3 Å². The summed E-state index contributed by atoms with van der Waals surface area (Å²) < 4.78 is 0.971. The molecule has 0 atom stereocenters. The highest BCUT2D eigenvalue weighted by atomic mass is 79.9. The molecule has 0 aliphatic heterocycles. The summed E-state index contributed by atoms with van der Waals surface area (Å²) in [5.74, 6) is 0. The topological polar surface area (TPSA) is 70.9 Å². The van der Waals surface area contributed by atoms with Crippen molar-refractivity contribution in [3.63, 3.8) is 0 Å². The number of anilines is 1. The van der Waals surface area contributed by atoms with Crippen LogP contribution in [0, 0.1) is 0 Å². The number of hydrogen-bond acceptors (Lipinski definition) is 4. The number of hydrogen-bond donors (Lipinski definition) is 3. The molecular weight excluding hydrogens is 302 g/mol. The van der Waals surface area contributed by atoms with Gasteiger partial charge in [-0.05, 0) is 23.8 Å². The molecule has 0 fully saturated rings. The molecule has 4 N–H and O–H groups in total. The van der Waals surface area contributed by atoms with E-state index in [2.05, 4.69) is 26.2 Å². The quantitative estimate of drug-likeness (QED) is 0.757. The molecular formula is C11H12BrN3OS. The van der Waals surface area contributed by atoms with Crippen molar-refractivity contribution in [2.24, 2.45) is 0 Å². The van der Waals surface area contributed by atoms with Crippen LogP contribution >= 0.6 is 27.3 Å². The number of aromatic amines is 1. The fourth-order valence-electron chi connectivity index (χ4n) is 1.52. The Balaban J connectivity index is 1.91.